The van der Waals surface area contributed by atoms with Gasteiger partial charge in [0.15, 0.2) is 0 Å². The van der Waals surface area contributed by atoms with Crippen molar-refractivity contribution >= 4 is 17.8 Å². The minimum atomic E-state index is -2.93. The number of carbonyl (C=O) groups excluding carboxylic acids is 2. The Kier molecular flexibility index (Phi) is 6.97. The van der Waals surface area contributed by atoms with Crippen molar-refractivity contribution in [1.82, 2.24) is 20.3 Å². The first-order chi connectivity index (χ1) is 15.2. The van der Waals surface area contributed by atoms with Gasteiger partial charge in [-0.1, -0.05) is 43.7 Å². The van der Waals surface area contributed by atoms with E-state index in [1.54, 1.807) is 13.8 Å². The van der Waals surface area contributed by atoms with Gasteiger partial charge in [-0.2, -0.15) is 0 Å². The van der Waals surface area contributed by atoms with E-state index in [4.69, 9.17) is 0 Å². The highest BCUT2D eigenvalue weighted by molar-refractivity contribution is 6.04. The lowest BCUT2D eigenvalue weighted by Crippen LogP contribution is -2.27. The third-order valence-electron chi connectivity index (χ3n) is 4.86. The van der Waals surface area contributed by atoms with Crippen LogP contribution in [0.25, 0.3) is 11.3 Å². The molecule has 0 spiro atoms. The number of rotatable bonds is 7. The highest BCUT2D eigenvalue weighted by Crippen LogP contribution is 2.25. The van der Waals surface area contributed by atoms with Gasteiger partial charge < -0.3 is 10.3 Å². The summed E-state index contributed by atoms with van der Waals surface area (Å²) in [6.07, 6.45) is -1.71. The van der Waals surface area contributed by atoms with E-state index in [1.165, 1.54) is 12.3 Å². The number of nitrogens with one attached hydrogen (secondary N) is 3. The molecule has 3 aromatic rings. The van der Waals surface area contributed by atoms with Crippen molar-refractivity contribution in [2.45, 2.75) is 40.7 Å². The number of benzene rings is 1. The predicted octanol–water partition coefficient (Wildman–Crippen LogP) is 4.55. The number of anilines is 1. The molecule has 1 aromatic carbocycles. The van der Waals surface area contributed by atoms with Crippen molar-refractivity contribution in [3.05, 3.63) is 64.6 Å². The molecule has 0 radical (unpaired) electrons. The zero-order valence-corrected chi connectivity index (χ0v) is 18.3. The number of halogens is 2. The average Bonchev–Trinajstić information content (AvgIpc) is 3.11. The normalized spacial score (nSPS) is 11.1. The monoisotopic (exact) mass is 441 g/mol. The molecule has 2 amide bonds. The maximum absolute atomic E-state index is 13.5. The van der Waals surface area contributed by atoms with E-state index in [9.17, 15) is 18.4 Å². The van der Waals surface area contributed by atoms with Crippen LogP contribution >= 0.6 is 0 Å². The van der Waals surface area contributed by atoms with Crippen LogP contribution in [0.3, 0.4) is 0 Å². The largest absolute Gasteiger partial charge is 0.352 e. The van der Waals surface area contributed by atoms with Gasteiger partial charge in [0, 0.05) is 29.9 Å². The van der Waals surface area contributed by atoms with Gasteiger partial charge in [0.05, 0.1) is 11.3 Å². The molecule has 9 heteroatoms. The molecule has 0 aliphatic carbocycles. The molecular weight excluding hydrogens is 416 g/mol. The second kappa shape index (κ2) is 9.67. The maximum atomic E-state index is 13.5. The SMILES string of the molecule is Cc1ccc(-c2nc(NC(=O)c3cc(CNC(=O)C(C)C)cnc3C(F)F)[nH]c2C)cc1. The molecule has 168 valence electrons. The fourth-order valence-corrected chi connectivity index (χ4v) is 3.05. The minimum absolute atomic E-state index is 0.0746. The summed E-state index contributed by atoms with van der Waals surface area (Å²) in [6, 6.07) is 9.04. The smallest absolute Gasteiger partial charge is 0.281 e. The molecule has 0 saturated carbocycles. The quantitative estimate of drug-likeness (QED) is 0.501. The van der Waals surface area contributed by atoms with Crippen LogP contribution in [0.15, 0.2) is 36.5 Å². The van der Waals surface area contributed by atoms with Gasteiger partial charge in [-0.3, -0.25) is 19.9 Å². The Morgan fingerprint density at radius 3 is 2.44 bits per heavy atom. The number of carbonyl (C=O) groups is 2. The van der Waals surface area contributed by atoms with E-state index < -0.39 is 18.0 Å². The maximum Gasteiger partial charge on any atom is 0.281 e. The van der Waals surface area contributed by atoms with E-state index in [1.807, 2.05) is 38.1 Å². The zero-order chi connectivity index (χ0) is 23.4. The van der Waals surface area contributed by atoms with Gasteiger partial charge in [0.25, 0.3) is 12.3 Å². The summed E-state index contributed by atoms with van der Waals surface area (Å²) in [5.74, 6) is -1.05. The molecule has 0 aliphatic rings. The molecule has 0 atom stereocenters. The first-order valence-corrected chi connectivity index (χ1v) is 10.2. The topological polar surface area (TPSA) is 99.8 Å². The molecule has 0 aliphatic heterocycles. The number of nitrogens with zero attached hydrogens (tertiary/aromatic N) is 2. The molecule has 0 fully saturated rings. The standard InChI is InChI=1S/C23H25F2N5O2/c1-12(2)21(31)27-11-15-9-17(19(20(24)25)26-10-15)22(32)30-23-28-14(4)18(29-23)16-7-5-13(3)6-8-16/h5-10,12,20H,11H2,1-4H3,(H,27,31)(H2,28,29,30,32). The predicted molar refractivity (Wildman–Crippen MR) is 117 cm³/mol. The number of hydrogen-bond donors (Lipinski definition) is 3. The van der Waals surface area contributed by atoms with Gasteiger partial charge in [0.1, 0.15) is 5.69 Å². The van der Waals surface area contributed by atoms with Crippen LogP contribution in [0.5, 0.6) is 0 Å². The minimum Gasteiger partial charge on any atom is -0.352 e. The van der Waals surface area contributed by atoms with Crippen molar-refractivity contribution in [1.29, 1.82) is 0 Å². The van der Waals surface area contributed by atoms with Crippen molar-refractivity contribution < 1.29 is 18.4 Å². The van der Waals surface area contributed by atoms with Gasteiger partial charge in [0.2, 0.25) is 11.9 Å². The third-order valence-corrected chi connectivity index (χ3v) is 4.86. The molecule has 0 unspecified atom stereocenters. The van der Waals surface area contributed by atoms with E-state index in [0.29, 0.717) is 11.3 Å². The average molecular weight is 441 g/mol. The van der Waals surface area contributed by atoms with E-state index in [0.717, 1.165) is 16.8 Å². The first-order valence-electron chi connectivity index (χ1n) is 10.2. The second-order valence-electron chi connectivity index (χ2n) is 7.83. The summed E-state index contributed by atoms with van der Waals surface area (Å²) in [5.41, 5.74) is 2.86. The lowest BCUT2D eigenvalue weighted by molar-refractivity contribution is -0.124. The number of aryl methyl sites for hydroxylation is 2. The summed E-state index contributed by atoms with van der Waals surface area (Å²) >= 11 is 0. The lowest BCUT2D eigenvalue weighted by atomic mass is 10.1. The Morgan fingerprint density at radius 2 is 1.81 bits per heavy atom. The molecular formula is C23H25F2N5O2. The van der Waals surface area contributed by atoms with Crippen LogP contribution in [0.4, 0.5) is 14.7 Å². The summed E-state index contributed by atoms with van der Waals surface area (Å²) in [6.45, 7) is 7.34. The second-order valence-corrected chi connectivity index (χ2v) is 7.83. The summed E-state index contributed by atoms with van der Waals surface area (Å²) < 4.78 is 26.9. The number of amides is 2. The summed E-state index contributed by atoms with van der Waals surface area (Å²) in [5, 5.41) is 5.22. The molecule has 32 heavy (non-hydrogen) atoms. The number of aromatic nitrogens is 3. The molecule has 7 nitrogen and oxygen atoms in total. The Morgan fingerprint density at radius 1 is 1.12 bits per heavy atom. The van der Waals surface area contributed by atoms with Crippen LogP contribution in [-0.4, -0.2) is 26.8 Å². The summed E-state index contributed by atoms with van der Waals surface area (Å²) in [7, 11) is 0. The lowest BCUT2D eigenvalue weighted by Gasteiger charge is -2.11. The first kappa shape index (κ1) is 23.1. The van der Waals surface area contributed by atoms with Gasteiger partial charge in [-0.05, 0) is 25.5 Å². The highest BCUT2D eigenvalue weighted by Gasteiger charge is 2.22. The van der Waals surface area contributed by atoms with E-state index in [-0.39, 0.29) is 29.9 Å². The molecule has 0 bridgehead atoms. The fraction of sp³-hybridized carbons (Fsp3) is 0.304. The Hall–Kier alpha value is -3.62. The molecule has 3 N–H and O–H groups in total. The van der Waals surface area contributed by atoms with Crippen molar-refractivity contribution in [2.75, 3.05) is 5.32 Å². The molecule has 3 rings (SSSR count). The van der Waals surface area contributed by atoms with Crippen molar-refractivity contribution in [2.24, 2.45) is 5.92 Å². The number of H-pyrrole nitrogens is 1. The molecule has 2 aromatic heterocycles. The number of alkyl halides is 2. The highest BCUT2D eigenvalue weighted by atomic mass is 19.3. The van der Waals surface area contributed by atoms with Crippen LogP contribution < -0.4 is 10.6 Å². The van der Waals surface area contributed by atoms with Gasteiger partial charge in [-0.15, -0.1) is 0 Å². The van der Waals surface area contributed by atoms with E-state index in [2.05, 4.69) is 25.6 Å². The fourth-order valence-electron chi connectivity index (χ4n) is 3.05. The molecule has 2 heterocycles. The number of aromatic amines is 1. The Balaban J connectivity index is 1.83. The van der Waals surface area contributed by atoms with Crippen molar-refractivity contribution in [3.63, 3.8) is 0 Å². The van der Waals surface area contributed by atoms with Crippen LogP contribution in [0.1, 0.15) is 53.1 Å². The van der Waals surface area contributed by atoms with Crippen LogP contribution in [-0.2, 0) is 11.3 Å². The zero-order valence-electron chi connectivity index (χ0n) is 18.3. The number of hydrogen-bond acceptors (Lipinski definition) is 4. The van der Waals surface area contributed by atoms with Gasteiger partial charge in [-0.25, -0.2) is 13.8 Å². The molecule has 0 saturated heterocycles. The van der Waals surface area contributed by atoms with Crippen LogP contribution in [0, 0.1) is 19.8 Å². The van der Waals surface area contributed by atoms with Gasteiger partial charge >= 0.3 is 0 Å². The number of pyridine rings is 1. The Labute approximate surface area is 184 Å². The number of imidazole rings is 1. The van der Waals surface area contributed by atoms with E-state index >= 15 is 0 Å². The summed E-state index contributed by atoms with van der Waals surface area (Å²) in [4.78, 5) is 35.7. The van der Waals surface area contributed by atoms with Crippen molar-refractivity contribution in [3.8, 4) is 11.3 Å². The Bertz CT molecular complexity index is 1120. The third kappa shape index (κ3) is 5.35. The van der Waals surface area contributed by atoms with Crippen LogP contribution in [0.2, 0.25) is 0 Å².